The molecule has 0 radical (unpaired) electrons. The first kappa shape index (κ1) is 16.5. The van der Waals surface area contributed by atoms with E-state index in [-0.39, 0.29) is 18.3 Å². The predicted octanol–water partition coefficient (Wildman–Crippen LogP) is 3.79. The summed E-state index contributed by atoms with van der Waals surface area (Å²) < 4.78 is 12.1. The number of allylic oxidation sites excluding steroid dienone is 1. The average molecular weight is 302 g/mol. The third-order valence-corrected chi connectivity index (χ3v) is 7.57. The lowest BCUT2D eigenvalue weighted by Gasteiger charge is -2.32. The number of hydrogen-bond acceptors (Lipinski definition) is 2. The van der Waals surface area contributed by atoms with E-state index in [1.54, 1.807) is 0 Å². The van der Waals surface area contributed by atoms with Crippen molar-refractivity contribution in [3.05, 3.63) is 42.1 Å². The fourth-order valence-corrected chi connectivity index (χ4v) is 4.47. The molecule has 114 valence electrons. The highest BCUT2D eigenvalue weighted by Crippen LogP contribution is 2.37. The van der Waals surface area contributed by atoms with Gasteiger partial charge in [-0.15, -0.1) is 0 Å². The fraction of sp³-hybridized carbons (Fsp3) is 0.529. The SMILES string of the molecule is CC1(C)OB(C/C=C\[Si](C)(C)c2ccccc2)OC1(C)C. The van der Waals surface area contributed by atoms with Gasteiger partial charge < -0.3 is 9.31 Å². The Kier molecular flexibility index (Phi) is 4.52. The molecule has 0 bridgehead atoms. The predicted molar refractivity (Wildman–Crippen MR) is 93.6 cm³/mol. The van der Waals surface area contributed by atoms with Crippen molar-refractivity contribution in [1.82, 2.24) is 0 Å². The van der Waals surface area contributed by atoms with Gasteiger partial charge in [0.15, 0.2) is 0 Å². The summed E-state index contributed by atoms with van der Waals surface area (Å²) in [5, 5.41) is 1.45. The Morgan fingerprint density at radius 1 is 1.00 bits per heavy atom. The van der Waals surface area contributed by atoms with Crippen molar-refractivity contribution in [2.75, 3.05) is 0 Å². The quantitative estimate of drug-likeness (QED) is 0.788. The van der Waals surface area contributed by atoms with Crippen LogP contribution in [0.3, 0.4) is 0 Å². The summed E-state index contributed by atoms with van der Waals surface area (Å²) in [5.74, 6) is 0. The molecule has 1 heterocycles. The Morgan fingerprint density at radius 2 is 1.52 bits per heavy atom. The van der Waals surface area contributed by atoms with Gasteiger partial charge in [-0.2, -0.15) is 0 Å². The third-order valence-electron chi connectivity index (χ3n) is 4.68. The van der Waals surface area contributed by atoms with Crippen molar-refractivity contribution in [2.45, 2.75) is 58.3 Å². The van der Waals surface area contributed by atoms with Gasteiger partial charge in [0.05, 0.1) is 11.2 Å². The maximum absolute atomic E-state index is 6.03. The van der Waals surface area contributed by atoms with Crippen LogP contribution >= 0.6 is 0 Å². The van der Waals surface area contributed by atoms with Crippen LogP contribution in [0.1, 0.15) is 27.7 Å². The molecule has 0 spiro atoms. The molecule has 0 unspecified atom stereocenters. The summed E-state index contributed by atoms with van der Waals surface area (Å²) in [6, 6.07) is 10.8. The number of benzene rings is 1. The molecule has 21 heavy (non-hydrogen) atoms. The molecule has 1 fully saturated rings. The zero-order valence-corrected chi connectivity index (χ0v) is 15.1. The highest BCUT2D eigenvalue weighted by Gasteiger charge is 2.50. The highest BCUT2D eigenvalue weighted by molar-refractivity contribution is 6.94. The van der Waals surface area contributed by atoms with Crippen LogP contribution in [0.25, 0.3) is 0 Å². The van der Waals surface area contributed by atoms with E-state index < -0.39 is 8.07 Å². The van der Waals surface area contributed by atoms with Gasteiger partial charge in [0.25, 0.3) is 0 Å². The molecule has 2 nitrogen and oxygen atoms in total. The Morgan fingerprint density at radius 3 is 2.05 bits per heavy atom. The van der Waals surface area contributed by atoms with Gasteiger partial charge >= 0.3 is 7.12 Å². The van der Waals surface area contributed by atoms with Crippen LogP contribution in [0, 0.1) is 0 Å². The second-order valence-electron chi connectivity index (χ2n) is 7.41. The van der Waals surface area contributed by atoms with E-state index in [1.807, 2.05) is 0 Å². The van der Waals surface area contributed by atoms with E-state index in [2.05, 4.69) is 82.9 Å². The van der Waals surface area contributed by atoms with Crippen molar-refractivity contribution >= 4 is 20.4 Å². The molecule has 0 N–H and O–H groups in total. The number of rotatable bonds is 4. The van der Waals surface area contributed by atoms with Crippen molar-refractivity contribution in [3.8, 4) is 0 Å². The molecule has 0 atom stereocenters. The minimum absolute atomic E-state index is 0.133. The lowest BCUT2D eigenvalue weighted by Crippen LogP contribution is -2.41. The second-order valence-corrected chi connectivity index (χ2v) is 11.8. The summed E-state index contributed by atoms with van der Waals surface area (Å²) in [6.07, 6.45) is 3.05. The Bertz CT molecular complexity index is 493. The molecule has 0 aliphatic carbocycles. The zero-order valence-electron chi connectivity index (χ0n) is 14.1. The van der Waals surface area contributed by atoms with E-state index in [1.165, 1.54) is 5.19 Å². The summed E-state index contributed by atoms with van der Waals surface area (Å²) in [6.45, 7) is 13.1. The standard InChI is InChI=1S/C17H27BO2Si/c1-16(2)17(3,4)20-18(19-16)13-10-14-21(5,6)15-11-8-7-9-12-15/h7-12,14H,13H2,1-6H3/b14-10-. The van der Waals surface area contributed by atoms with Gasteiger partial charge in [-0.05, 0) is 34.0 Å². The van der Waals surface area contributed by atoms with Crippen LogP contribution in [0.4, 0.5) is 0 Å². The molecule has 0 aromatic heterocycles. The highest BCUT2D eigenvalue weighted by atomic mass is 28.3. The Hall–Kier alpha value is -0.838. The molecule has 1 saturated heterocycles. The summed E-state index contributed by atoms with van der Waals surface area (Å²) in [5.41, 5.74) is 1.91. The van der Waals surface area contributed by atoms with E-state index in [9.17, 15) is 0 Å². The van der Waals surface area contributed by atoms with Gasteiger partial charge in [0.1, 0.15) is 8.07 Å². The summed E-state index contributed by atoms with van der Waals surface area (Å²) in [4.78, 5) is 0. The molecule has 1 aromatic rings. The van der Waals surface area contributed by atoms with Gasteiger partial charge in [-0.3, -0.25) is 0 Å². The minimum atomic E-state index is -1.51. The van der Waals surface area contributed by atoms with Crippen LogP contribution in [-0.4, -0.2) is 26.4 Å². The average Bonchev–Trinajstić information content (AvgIpc) is 2.58. The van der Waals surface area contributed by atoms with E-state index >= 15 is 0 Å². The smallest absolute Gasteiger partial charge is 0.403 e. The molecule has 1 aliphatic heterocycles. The molecule has 1 aliphatic rings. The van der Waals surface area contributed by atoms with Crippen LogP contribution < -0.4 is 5.19 Å². The first-order valence-corrected chi connectivity index (χ1v) is 10.8. The molecule has 1 aromatic carbocycles. The van der Waals surface area contributed by atoms with Crippen molar-refractivity contribution in [2.24, 2.45) is 0 Å². The zero-order chi connectivity index (χ0) is 15.7. The molecule has 4 heteroatoms. The van der Waals surface area contributed by atoms with Gasteiger partial charge in [-0.25, -0.2) is 0 Å². The van der Waals surface area contributed by atoms with Crippen LogP contribution in [0.2, 0.25) is 19.4 Å². The van der Waals surface area contributed by atoms with E-state index in [0.29, 0.717) is 0 Å². The van der Waals surface area contributed by atoms with E-state index in [0.717, 1.165) is 6.32 Å². The van der Waals surface area contributed by atoms with Crippen LogP contribution in [0.15, 0.2) is 42.1 Å². The Labute approximate surface area is 130 Å². The third kappa shape index (κ3) is 3.68. The lowest BCUT2D eigenvalue weighted by molar-refractivity contribution is 0.00578. The maximum Gasteiger partial charge on any atom is 0.461 e. The topological polar surface area (TPSA) is 18.5 Å². The van der Waals surface area contributed by atoms with E-state index in [4.69, 9.17) is 9.31 Å². The monoisotopic (exact) mass is 302 g/mol. The largest absolute Gasteiger partial charge is 0.461 e. The molecular weight excluding hydrogens is 275 g/mol. The van der Waals surface area contributed by atoms with Crippen molar-refractivity contribution < 1.29 is 9.31 Å². The minimum Gasteiger partial charge on any atom is -0.403 e. The second kappa shape index (κ2) is 5.75. The molecule has 0 amide bonds. The van der Waals surface area contributed by atoms with Crippen LogP contribution in [-0.2, 0) is 9.31 Å². The van der Waals surface area contributed by atoms with Crippen molar-refractivity contribution in [1.29, 1.82) is 0 Å². The van der Waals surface area contributed by atoms with Gasteiger partial charge in [0.2, 0.25) is 0 Å². The Balaban J connectivity index is 1.98. The molecule has 0 saturated carbocycles. The summed E-state index contributed by atoms with van der Waals surface area (Å²) in [7, 11) is -1.65. The van der Waals surface area contributed by atoms with Crippen LogP contribution in [0.5, 0.6) is 0 Å². The molecule has 2 rings (SSSR count). The maximum atomic E-state index is 6.03. The first-order chi connectivity index (χ1) is 9.64. The summed E-state index contributed by atoms with van der Waals surface area (Å²) >= 11 is 0. The van der Waals surface area contributed by atoms with Gasteiger partial charge in [0, 0.05) is 0 Å². The first-order valence-electron chi connectivity index (χ1n) is 7.73. The van der Waals surface area contributed by atoms with Gasteiger partial charge in [-0.1, -0.05) is 60.4 Å². The lowest BCUT2D eigenvalue weighted by atomic mass is 9.85. The normalized spacial score (nSPS) is 21.1. The number of hydrogen-bond donors (Lipinski definition) is 0. The fourth-order valence-electron chi connectivity index (χ4n) is 2.50. The molecular formula is C17H27BO2Si. The van der Waals surface area contributed by atoms with Crippen molar-refractivity contribution in [3.63, 3.8) is 0 Å².